The summed E-state index contributed by atoms with van der Waals surface area (Å²) in [5.41, 5.74) is 7.77. The predicted molar refractivity (Wildman–Crippen MR) is 87.3 cm³/mol. The standard InChI is InChI=1S/C15H28N4O5/c1-15(2,3)24-14(21)19-7-5-6-13(23-10-22-4)12(19)8-11(20)9-17-18-16/h11-13,20H,5-10H2,1-4H3/t11?,12-,13-/m0/s1. The number of carbonyl (C=O) groups excluding carboxylic acids is 1. The van der Waals surface area contributed by atoms with Crippen molar-refractivity contribution in [2.75, 3.05) is 27.0 Å². The van der Waals surface area contributed by atoms with Gasteiger partial charge in [-0.1, -0.05) is 5.11 Å². The van der Waals surface area contributed by atoms with E-state index in [-0.39, 0.29) is 31.9 Å². The van der Waals surface area contributed by atoms with Crippen LogP contribution in [-0.2, 0) is 14.2 Å². The summed E-state index contributed by atoms with van der Waals surface area (Å²) in [6.07, 6.45) is 0.203. The molecule has 1 saturated heterocycles. The molecule has 1 unspecified atom stereocenters. The van der Waals surface area contributed by atoms with Gasteiger partial charge in [0.05, 0.1) is 24.8 Å². The molecule has 0 bridgehead atoms. The predicted octanol–water partition coefficient (Wildman–Crippen LogP) is 2.44. The number of aliphatic hydroxyl groups is 1. The molecule has 9 nitrogen and oxygen atoms in total. The molecule has 1 heterocycles. The highest BCUT2D eigenvalue weighted by molar-refractivity contribution is 5.68. The molecule has 0 radical (unpaired) electrons. The molecule has 0 aromatic heterocycles. The second kappa shape index (κ2) is 9.68. The first-order valence-corrected chi connectivity index (χ1v) is 8.07. The highest BCUT2D eigenvalue weighted by Crippen LogP contribution is 2.26. The van der Waals surface area contributed by atoms with Crippen LogP contribution >= 0.6 is 0 Å². The molecule has 0 aromatic carbocycles. The van der Waals surface area contributed by atoms with Crippen LogP contribution in [0.25, 0.3) is 10.4 Å². The summed E-state index contributed by atoms with van der Waals surface area (Å²) in [6, 6.07) is -0.368. The molecule has 1 rings (SSSR count). The third-order valence-electron chi connectivity index (χ3n) is 3.61. The molecule has 0 spiro atoms. The number of carbonyl (C=O) groups is 1. The molecule has 1 amide bonds. The average molecular weight is 344 g/mol. The van der Waals surface area contributed by atoms with E-state index in [0.29, 0.717) is 6.54 Å². The molecule has 0 saturated carbocycles. The van der Waals surface area contributed by atoms with E-state index in [9.17, 15) is 9.90 Å². The smallest absolute Gasteiger partial charge is 0.410 e. The van der Waals surface area contributed by atoms with E-state index in [1.165, 1.54) is 7.11 Å². The summed E-state index contributed by atoms with van der Waals surface area (Å²) < 4.78 is 16.1. The Balaban J connectivity index is 2.86. The van der Waals surface area contributed by atoms with Gasteiger partial charge in [0.1, 0.15) is 12.4 Å². The van der Waals surface area contributed by atoms with Crippen molar-refractivity contribution in [1.29, 1.82) is 0 Å². The Hall–Kier alpha value is -1.54. The Morgan fingerprint density at radius 2 is 2.21 bits per heavy atom. The van der Waals surface area contributed by atoms with Gasteiger partial charge < -0.3 is 24.2 Å². The number of hydrogen-bond donors (Lipinski definition) is 1. The summed E-state index contributed by atoms with van der Waals surface area (Å²) in [6.45, 7) is 6.00. The summed E-state index contributed by atoms with van der Waals surface area (Å²) in [5.74, 6) is 0. The van der Waals surface area contributed by atoms with Crippen LogP contribution in [-0.4, -0.2) is 66.9 Å². The lowest BCUT2D eigenvalue weighted by Gasteiger charge is -2.42. The number of rotatable bonds is 7. The van der Waals surface area contributed by atoms with Gasteiger partial charge in [0, 0.05) is 18.6 Å². The molecule has 1 aliphatic heterocycles. The number of azide groups is 1. The molecule has 24 heavy (non-hydrogen) atoms. The number of ether oxygens (including phenoxy) is 3. The van der Waals surface area contributed by atoms with E-state index in [0.717, 1.165) is 12.8 Å². The van der Waals surface area contributed by atoms with Crippen molar-refractivity contribution in [3.8, 4) is 0 Å². The van der Waals surface area contributed by atoms with Crippen LogP contribution in [0.5, 0.6) is 0 Å². The first-order valence-electron chi connectivity index (χ1n) is 8.07. The van der Waals surface area contributed by atoms with Crippen LogP contribution in [0.3, 0.4) is 0 Å². The molecule has 138 valence electrons. The minimum Gasteiger partial charge on any atom is -0.444 e. The maximum Gasteiger partial charge on any atom is 0.410 e. The van der Waals surface area contributed by atoms with Crippen molar-refractivity contribution in [3.63, 3.8) is 0 Å². The summed E-state index contributed by atoms with van der Waals surface area (Å²) in [4.78, 5) is 16.7. The molecule has 3 atom stereocenters. The fraction of sp³-hybridized carbons (Fsp3) is 0.933. The van der Waals surface area contributed by atoms with Crippen molar-refractivity contribution in [2.45, 2.75) is 63.9 Å². The highest BCUT2D eigenvalue weighted by Gasteiger charge is 2.38. The molecule has 1 aliphatic rings. The fourth-order valence-electron chi connectivity index (χ4n) is 2.68. The Morgan fingerprint density at radius 1 is 1.50 bits per heavy atom. The normalized spacial score (nSPS) is 22.6. The van der Waals surface area contributed by atoms with Gasteiger partial charge in [-0.15, -0.1) is 0 Å². The van der Waals surface area contributed by atoms with Gasteiger partial charge in [0.15, 0.2) is 0 Å². The minimum atomic E-state index is -0.859. The Labute approximate surface area is 142 Å². The number of aliphatic hydroxyl groups excluding tert-OH is 1. The second-order valence-corrected chi connectivity index (χ2v) is 6.80. The zero-order valence-electron chi connectivity index (χ0n) is 14.8. The van der Waals surface area contributed by atoms with Gasteiger partial charge in [-0.3, -0.25) is 0 Å². The number of amides is 1. The van der Waals surface area contributed by atoms with Crippen LogP contribution < -0.4 is 0 Å². The first kappa shape index (κ1) is 20.5. The molecular weight excluding hydrogens is 316 g/mol. The number of piperidine rings is 1. The van der Waals surface area contributed by atoms with Crippen molar-refractivity contribution >= 4 is 6.09 Å². The number of methoxy groups -OCH3 is 1. The molecule has 1 N–H and O–H groups in total. The second-order valence-electron chi connectivity index (χ2n) is 6.80. The van der Waals surface area contributed by atoms with Crippen LogP contribution in [0.4, 0.5) is 4.79 Å². The van der Waals surface area contributed by atoms with E-state index in [1.807, 2.05) is 0 Å². The monoisotopic (exact) mass is 344 g/mol. The van der Waals surface area contributed by atoms with Crippen LogP contribution in [0.15, 0.2) is 5.11 Å². The lowest BCUT2D eigenvalue weighted by Crippen LogP contribution is -2.54. The zero-order chi connectivity index (χ0) is 18.2. The summed E-state index contributed by atoms with van der Waals surface area (Å²) in [7, 11) is 1.53. The van der Waals surface area contributed by atoms with E-state index in [1.54, 1.807) is 25.7 Å². The summed E-state index contributed by atoms with van der Waals surface area (Å²) in [5, 5.41) is 13.5. The lowest BCUT2D eigenvalue weighted by atomic mass is 9.94. The van der Waals surface area contributed by atoms with Crippen molar-refractivity contribution in [3.05, 3.63) is 10.4 Å². The zero-order valence-corrected chi connectivity index (χ0v) is 14.8. The molecule has 9 heteroatoms. The molecule has 0 aromatic rings. The van der Waals surface area contributed by atoms with Crippen LogP contribution in [0.2, 0.25) is 0 Å². The largest absolute Gasteiger partial charge is 0.444 e. The van der Waals surface area contributed by atoms with Crippen molar-refractivity contribution in [1.82, 2.24) is 4.90 Å². The Kier molecular flexibility index (Phi) is 8.27. The SMILES string of the molecule is COCO[C@H]1CCCN(C(=O)OC(C)(C)C)[C@H]1CC(O)CN=[N+]=[N-]. The number of likely N-dealkylation sites (tertiary alicyclic amines) is 1. The van der Waals surface area contributed by atoms with Gasteiger partial charge in [-0.2, -0.15) is 0 Å². The van der Waals surface area contributed by atoms with E-state index < -0.39 is 17.8 Å². The maximum absolute atomic E-state index is 12.5. The van der Waals surface area contributed by atoms with Gasteiger partial charge in [0.2, 0.25) is 0 Å². The molecular formula is C15H28N4O5. The first-order chi connectivity index (χ1) is 11.3. The Morgan fingerprint density at radius 3 is 2.79 bits per heavy atom. The minimum absolute atomic E-state index is 0.0494. The lowest BCUT2D eigenvalue weighted by molar-refractivity contribution is -0.119. The number of nitrogens with zero attached hydrogens (tertiary/aromatic N) is 4. The van der Waals surface area contributed by atoms with Crippen molar-refractivity contribution in [2.24, 2.45) is 5.11 Å². The highest BCUT2D eigenvalue weighted by atomic mass is 16.7. The van der Waals surface area contributed by atoms with Gasteiger partial charge in [-0.05, 0) is 45.6 Å². The van der Waals surface area contributed by atoms with Crippen LogP contribution in [0, 0.1) is 0 Å². The van der Waals surface area contributed by atoms with E-state index in [2.05, 4.69) is 10.0 Å². The third-order valence-corrected chi connectivity index (χ3v) is 3.61. The molecule has 0 aliphatic carbocycles. The van der Waals surface area contributed by atoms with Gasteiger partial charge in [-0.25, -0.2) is 4.79 Å². The number of hydrogen-bond acceptors (Lipinski definition) is 6. The van der Waals surface area contributed by atoms with E-state index >= 15 is 0 Å². The van der Waals surface area contributed by atoms with Crippen LogP contribution in [0.1, 0.15) is 40.0 Å². The summed E-state index contributed by atoms with van der Waals surface area (Å²) >= 11 is 0. The van der Waals surface area contributed by atoms with Gasteiger partial charge >= 0.3 is 6.09 Å². The Bertz CT molecular complexity index is 448. The van der Waals surface area contributed by atoms with Crippen molar-refractivity contribution < 1.29 is 24.1 Å². The third kappa shape index (κ3) is 6.92. The topological polar surface area (TPSA) is 117 Å². The maximum atomic E-state index is 12.5. The molecule has 1 fully saturated rings. The fourth-order valence-corrected chi connectivity index (χ4v) is 2.68. The quantitative estimate of drug-likeness (QED) is 0.329. The van der Waals surface area contributed by atoms with Gasteiger partial charge in [0.25, 0.3) is 0 Å². The average Bonchev–Trinajstić information content (AvgIpc) is 2.50. The van der Waals surface area contributed by atoms with E-state index in [4.69, 9.17) is 19.7 Å².